The summed E-state index contributed by atoms with van der Waals surface area (Å²) in [7, 11) is 0. The number of primary amides is 1. The Kier molecular flexibility index (Phi) is 10.4. The molecular weight excluding hydrogens is 484 g/mol. The summed E-state index contributed by atoms with van der Waals surface area (Å²) in [5.41, 5.74) is 11.0. The van der Waals surface area contributed by atoms with Crippen molar-refractivity contribution < 1.29 is 24.3 Å². The molecule has 1 heterocycles. The van der Waals surface area contributed by atoms with E-state index in [0.29, 0.717) is 23.9 Å². The van der Waals surface area contributed by atoms with Crippen LogP contribution in [0.2, 0.25) is 0 Å². The van der Waals surface area contributed by atoms with Gasteiger partial charge in [0.05, 0.1) is 6.10 Å². The Morgan fingerprint density at radius 2 is 1.74 bits per heavy atom. The first-order valence-electron chi connectivity index (χ1n) is 13.3. The molecule has 0 saturated heterocycles. The van der Waals surface area contributed by atoms with Crippen LogP contribution in [0.25, 0.3) is 22.8 Å². The topological polar surface area (TPSA) is 135 Å². The number of hydrogen-bond acceptors (Lipinski definition) is 8. The second-order valence-electron chi connectivity index (χ2n) is 9.53. The van der Waals surface area contributed by atoms with E-state index >= 15 is 0 Å². The van der Waals surface area contributed by atoms with Crippen LogP contribution in [0, 0.1) is 6.92 Å². The van der Waals surface area contributed by atoms with E-state index < -0.39 is 18.1 Å². The zero-order valence-corrected chi connectivity index (χ0v) is 23.0. The minimum absolute atomic E-state index is 0.0759. The van der Waals surface area contributed by atoms with E-state index in [-0.39, 0.29) is 13.0 Å². The number of hydrogen-bond donors (Lipinski definition) is 3. The van der Waals surface area contributed by atoms with Crippen molar-refractivity contribution in [3.63, 3.8) is 0 Å². The molecule has 38 heavy (non-hydrogen) atoms. The molecule has 2 aromatic carbocycles. The molecule has 2 atom stereocenters. The zero-order chi connectivity index (χ0) is 27.8. The second-order valence-corrected chi connectivity index (χ2v) is 9.53. The summed E-state index contributed by atoms with van der Waals surface area (Å²) in [6, 6.07) is 10.3. The lowest BCUT2D eigenvalue weighted by molar-refractivity contribution is -0.127. The van der Waals surface area contributed by atoms with Crippen LogP contribution < -0.4 is 10.5 Å². The third kappa shape index (κ3) is 7.40. The average Bonchev–Trinajstić information content (AvgIpc) is 3.40. The molecule has 0 saturated carbocycles. The third-order valence-electron chi connectivity index (χ3n) is 6.67. The molecule has 1 unspecified atom stereocenters. The fourth-order valence-electron chi connectivity index (χ4n) is 4.41. The summed E-state index contributed by atoms with van der Waals surface area (Å²) >= 11 is 0. The average molecular weight is 525 g/mol. The van der Waals surface area contributed by atoms with Gasteiger partial charge in [0.2, 0.25) is 11.7 Å². The van der Waals surface area contributed by atoms with Crippen molar-refractivity contribution in [3.05, 3.63) is 52.6 Å². The van der Waals surface area contributed by atoms with Gasteiger partial charge in [-0.25, -0.2) is 0 Å². The Morgan fingerprint density at radius 3 is 2.37 bits per heavy atom. The summed E-state index contributed by atoms with van der Waals surface area (Å²) < 4.78 is 11.6. The predicted octanol–water partition coefficient (Wildman–Crippen LogP) is 3.65. The van der Waals surface area contributed by atoms with Crippen molar-refractivity contribution in [1.29, 1.82) is 0 Å². The monoisotopic (exact) mass is 524 g/mol. The first-order chi connectivity index (χ1) is 18.2. The van der Waals surface area contributed by atoms with Crippen LogP contribution in [0.1, 0.15) is 56.4 Å². The number of carbonyl (C=O) groups is 1. The van der Waals surface area contributed by atoms with Crippen LogP contribution in [0.3, 0.4) is 0 Å². The van der Waals surface area contributed by atoms with Gasteiger partial charge in [-0.15, -0.1) is 0 Å². The van der Waals surface area contributed by atoms with Crippen LogP contribution in [0.5, 0.6) is 5.75 Å². The van der Waals surface area contributed by atoms with Crippen LogP contribution in [0.4, 0.5) is 0 Å². The SMILES string of the molecule is CCc1cc(CN(CC)CC)cc(-c2nc(-c3cc(C)c(OC[C@@H](O)CC(O)C(N)=O)c(CC)c3)no2)c1. The van der Waals surface area contributed by atoms with Gasteiger partial charge in [0.15, 0.2) is 0 Å². The van der Waals surface area contributed by atoms with Gasteiger partial charge in [-0.1, -0.05) is 38.9 Å². The summed E-state index contributed by atoms with van der Waals surface area (Å²) in [6.07, 6.45) is -1.04. The van der Waals surface area contributed by atoms with Gasteiger partial charge < -0.3 is 25.2 Å². The van der Waals surface area contributed by atoms with Crippen molar-refractivity contribution in [3.8, 4) is 28.6 Å². The normalized spacial score (nSPS) is 13.1. The van der Waals surface area contributed by atoms with Crippen LogP contribution in [-0.2, 0) is 24.2 Å². The highest BCUT2D eigenvalue weighted by Crippen LogP contribution is 2.32. The quantitative estimate of drug-likeness (QED) is 0.291. The number of rotatable bonds is 14. The Balaban J connectivity index is 1.83. The van der Waals surface area contributed by atoms with Crippen molar-refractivity contribution in [1.82, 2.24) is 15.0 Å². The van der Waals surface area contributed by atoms with E-state index in [1.165, 1.54) is 11.1 Å². The van der Waals surface area contributed by atoms with E-state index in [0.717, 1.165) is 48.3 Å². The fourth-order valence-corrected chi connectivity index (χ4v) is 4.41. The standard InChI is InChI=1S/C29H40N4O5/c1-6-19-11-20(16-33(8-3)9-4)13-23(12-19)29-31-28(32-38-29)22-10-18(5)26(21(7-2)14-22)37-17-24(34)15-25(35)27(30)36/h10-14,24-25,34-35H,6-9,15-17H2,1-5H3,(H2,30,36)/t24-,25?/m0/s1. The van der Waals surface area contributed by atoms with Crippen molar-refractivity contribution in [2.75, 3.05) is 19.7 Å². The van der Waals surface area contributed by atoms with Crippen LogP contribution >= 0.6 is 0 Å². The number of ether oxygens (including phenoxy) is 1. The third-order valence-corrected chi connectivity index (χ3v) is 6.67. The molecule has 0 fully saturated rings. The first kappa shape index (κ1) is 29.3. The molecule has 1 aromatic heterocycles. The molecule has 9 nitrogen and oxygen atoms in total. The van der Waals surface area contributed by atoms with Gasteiger partial charge in [0.1, 0.15) is 18.5 Å². The number of aryl methyl sites for hydroxylation is 3. The zero-order valence-electron chi connectivity index (χ0n) is 23.0. The maximum absolute atomic E-state index is 11.0. The summed E-state index contributed by atoms with van der Waals surface area (Å²) in [4.78, 5) is 18.1. The second kappa shape index (κ2) is 13.5. The highest BCUT2D eigenvalue weighted by atomic mass is 16.5. The number of nitrogens with two attached hydrogens (primary N) is 1. The molecule has 1 amide bonds. The Hall–Kier alpha value is -3.27. The largest absolute Gasteiger partial charge is 0.490 e. The van der Waals surface area contributed by atoms with Crippen LogP contribution in [-0.4, -0.2) is 63.1 Å². The van der Waals surface area contributed by atoms with Crippen LogP contribution in [0.15, 0.2) is 34.9 Å². The van der Waals surface area contributed by atoms with E-state index in [4.69, 9.17) is 20.0 Å². The maximum Gasteiger partial charge on any atom is 0.258 e. The summed E-state index contributed by atoms with van der Waals surface area (Å²) in [5, 5.41) is 24.0. The van der Waals surface area contributed by atoms with Gasteiger partial charge in [-0.2, -0.15) is 4.98 Å². The van der Waals surface area contributed by atoms with Gasteiger partial charge in [-0.3, -0.25) is 9.69 Å². The van der Waals surface area contributed by atoms with Gasteiger partial charge in [0.25, 0.3) is 5.89 Å². The molecule has 4 N–H and O–H groups in total. The van der Waals surface area contributed by atoms with Gasteiger partial charge in [-0.05, 0) is 79.4 Å². The fraction of sp³-hybridized carbons (Fsp3) is 0.483. The number of carbonyl (C=O) groups excluding carboxylic acids is 1. The minimum Gasteiger partial charge on any atom is -0.490 e. The number of aliphatic hydroxyl groups excluding tert-OH is 2. The number of nitrogens with zero attached hydrogens (tertiary/aromatic N) is 3. The smallest absolute Gasteiger partial charge is 0.258 e. The number of amides is 1. The van der Waals surface area contributed by atoms with Gasteiger partial charge in [0, 0.05) is 24.1 Å². The van der Waals surface area contributed by atoms with Crippen molar-refractivity contribution >= 4 is 5.91 Å². The molecule has 0 aliphatic carbocycles. The lowest BCUT2D eigenvalue weighted by Gasteiger charge is -2.18. The lowest BCUT2D eigenvalue weighted by atomic mass is 10.0. The van der Waals surface area contributed by atoms with Gasteiger partial charge >= 0.3 is 0 Å². The van der Waals surface area contributed by atoms with E-state index in [9.17, 15) is 15.0 Å². The van der Waals surface area contributed by atoms with Crippen molar-refractivity contribution in [2.45, 2.75) is 72.6 Å². The number of aliphatic hydroxyl groups is 2. The summed E-state index contributed by atoms with van der Waals surface area (Å²) in [6.45, 7) is 13.1. The molecule has 9 heteroatoms. The molecule has 3 aromatic rings. The molecule has 3 rings (SSSR count). The Bertz CT molecular complexity index is 1220. The highest BCUT2D eigenvalue weighted by molar-refractivity contribution is 5.78. The predicted molar refractivity (Wildman–Crippen MR) is 147 cm³/mol. The van der Waals surface area contributed by atoms with Crippen molar-refractivity contribution in [2.24, 2.45) is 5.73 Å². The van der Waals surface area contributed by atoms with E-state index in [1.807, 2.05) is 26.0 Å². The summed E-state index contributed by atoms with van der Waals surface area (Å²) in [5.74, 6) is 0.730. The van der Waals surface area contributed by atoms with E-state index in [1.54, 1.807) is 0 Å². The Labute approximate surface area is 224 Å². The molecule has 0 radical (unpaired) electrons. The maximum atomic E-state index is 11.0. The molecule has 206 valence electrons. The highest BCUT2D eigenvalue weighted by Gasteiger charge is 2.20. The molecule has 0 spiro atoms. The molecule has 0 bridgehead atoms. The lowest BCUT2D eigenvalue weighted by Crippen LogP contribution is -2.33. The minimum atomic E-state index is -1.42. The molecular formula is C29H40N4O5. The number of aromatic nitrogens is 2. The molecule has 0 aliphatic rings. The number of benzene rings is 2. The Morgan fingerprint density at radius 1 is 1.03 bits per heavy atom. The first-order valence-corrected chi connectivity index (χ1v) is 13.3. The molecule has 0 aliphatic heterocycles. The van der Waals surface area contributed by atoms with E-state index in [2.05, 4.69) is 49.0 Å².